The minimum absolute atomic E-state index is 0.254. The van der Waals surface area contributed by atoms with E-state index in [2.05, 4.69) is 31.4 Å². The molecule has 3 aromatic rings. The summed E-state index contributed by atoms with van der Waals surface area (Å²) in [5, 5.41) is 11.8. The number of hydrogen-bond acceptors (Lipinski definition) is 3. The van der Waals surface area contributed by atoms with Crippen LogP contribution in [0.1, 0.15) is 15.9 Å². The SMILES string of the molecule is Cn1cc(C(=O)Nc2nn(Cc3ccc(Cl)cc3)cc2Br)cn1. The third kappa shape index (κ3) is 3.80. The smallest absolute Gasteiger partial charge is 0.260 e. The van der Waals surface area contributed by atoms with E-state index < -0.39 is 0 Å². The molecule has 118 valence electrons. The van der Waals surface area contributed by atoms with Gasteiger partial charge in [0.25, 0.3) is 5.91 Å². The van der Waals surface area contributed by atoms with Gasteiger partial charge in [0.2, 0.25) is 0 Å². The summed E-state index contributed by atoms with van der Waals surface area (Å²) in [5.41, 5.74) is 1.54. The number of halogens is 2. The number of anilines is 1. The van der Waals surface area contributed by atoms with Crippen molar-refractivity contribution in [3.63, 3.8) is 0 Å². The number of amides is 1. The number of carbonyl (C=O) groups is 1. The molecule has 0 spiro atoms. The number of nitrogens with zero attached hydrogens (tertiary/aromatic N) is 4. The molecule has 1 N–H and O–H groups in total. The Morgan fingerprint density at radius 3 is 2.70 bits per heavy atom. The molecular weight excluding hydrogens is 382 g/mol. The Hall–Kier alpha value is -2.12. The average Bonchev–Trinajstić information content (AvgIpc) is 3.08. The van der Waals surface area contributed by atoms with Crippen LogP contribution in [0.5, 0.6) is 0 Å². The van der Waals surface area contributed by atoms with E-state index in [-0.39, 0.29) is 5.91 Å². The lowest BCUT2D eigenvalue weighted by Crippen LogP contribution is -2.12. The molecule has 0 unspecified atom stereocenters. The molecule has 6 nitrogen and oxygen atoms in total. The molecule has 23 heavy (non-hydrogen) atoms. The van der Waals surface area contributed by atoms with Crippen molar-refractivity contribution < 1.29 is 4.79 Å². The van der Waals surface area contributed by atoms with Crippen molar-refractivity contribution in [3.05, 3.63) is 63.5 Å². The van der Waals surface area contributed by atoms with Gasteiger partial charge < -0.3 is 5.32 Å². The van der Waals surface area contributed by atoms with E-state index in [1.54, 1.807) is 22.6 Å². The molecule has 0 aliphatic heterocycles. The predicted molar refractivity (Wildman–Crippen MR) is 91.6 cm³/mol. The maximum absolute atomic E-state index is 12.1. The predicted octanol–water partition coefficient (Wildman–Crippen LogP) is 3.33. The first-order valence-corrected chi connectivity index (χ1v) is 7.96. The number of aryl methyl sites for hydroxylation is 1. The Balaban J connectivity index is 1.73. The number of hydrogen-bond donors (Lipinski definition) is 1. The number of aromatic nitrogens is 4. The van der Waals surface area contributed by atoms with Gasteiger partial charge >= 0.3 is 0 Å². The van der Waals surface area contributed by atoms with E-state index in [4.69, 9.17) is 11.6 Å². The van der Waals surface area contributed by atoms with Gasteiger partial charge in [-0.2, -0.15) is 10.2 Å². The summed E-state index contributed by atoms with van der Waals surface area (Å²) in [6.07, 6.45) is 4.97. The van der Waals surface area contributed by atoms with Gasteiger partial charge in [0.1, 0.15) is 0 Å². The zero-order valence-corrected chi connectivity index (χ0v) is 14.5. The molecule has 0 aliphatic carbocycles. The molecule has 0 atom stereocenters. The van der Waals surface area contributed by atoms with Gasteiger partial charge in [0, 0.05) is 24.5 Å². The van der Waals surface area contributed by atoms with Gasteiger partial charge in [-0.05, 0) is 33.6 Å². The van der Waals surface area contributed by atoms with E-state index in [1.165, 1.54) is 6.20 Å². The van der Waals surface area contributed by atoms with E-state index in [1.807, 2.05) is 30.5 Å². The lowest BCUT2D eigenvalue weighted by atomic mass is 10.2. The molecule has 8 heteroatoms. The molecule has 2 aromatic heterocycles. The van der Waals surface area contributed by atoms with Crippen LogP contribution in [0, 0.1) is 0 Å². The molecular formula is C15H13BrClN5O. The average molecular weight is 395 g/mol. The van der Waals surface area contributed by atoms with E-state index in [0.717, 1.165) is 5.56 Å². The van der Waals surface area contributed by atoms with E-state index in [9.17, 15) is 4.79 Å². The first-order chi connectivity index (χ1) is 11.0. The summed E-state index contributed by atoms with van der Waals surface area (Å²) in [7, 11) is 1.76. The quantitative estimate of drug-likeness (QED) is 0.738. The van der Waals surface area contributed by atoms with Crippen LogP contribution in [0.4, 0.5) is 5.82 Å². The van der Waals surface area contributed by atoms with Gasteiger partial charge in [-0.3, -0.25) is 14.2 Å². The van der Waals surface area contributed by atoms with Crippen LogP contribution in [0.15, 0.2) is 47.3 Å². The number of carbonyl (C=O) groups excluding carboxylic acids is 1. The summed E-state index contributed by atoms with van der Waals surface area (Å²) in [4.78, 5) is 12.1. The maximum atomic E-state index is 12.1. The molecule has 1 aromatic carbocycles. The minimum Gasteiger partial charge on any atom is -0.304 e. The molecule has 0 aliphatic rings. The van der Waals surface area contributed by atoms with E-state index in [0.29, 0.717) is 27.4 Å². The van der Waals surface area contributed by atoms with Crippen LogP contribution in [0.25, 0.3) is 0 Å². The maximum Gasteiger partial charge on any atom is 0.260 e. The fourth-order valence-electron chi connectivity index (χ4n) is 2.06. The zero-order valence-electron chi connectivity index (χ0n) is 12.2. The molecule has 1 amide bonds. The van der Waals surface area contributed by atoms with Crippen LogP contribution >= 0.6 is 27.5 Å². The highest BCUT2D eigenvalue weighted by Crippen LogP contribution is 2.21. The second-order valence-electron chi connectivity index (χ2n) is 5.01. The second-order valence-corrected chi connectivity index (χ2v) is 6.30. The van der Waals surface area contributed by atoms with Crippen LogP contribution in [0.3, 0.4) is 0 Å². The van der Waals surface area contributed by atoms with Crippen molar-refractivity contribution >= 4 is 39.3 Å². The van der Waals surface area contributed by atoms with E-state index >= 15 is 0 Å². The number of nitrogens with one attached hydrogen (secondary N) is 1. The zero-order chi connectivity index (χ0) is 16.4. The van der Waals surface area contributed by atoms with Crippen LogP contribution < -0.4 is 5.32 Å². The monoisotopic (exact) mass is 393 g/mol. The number of benzene rings is 1. The Bertz CT molecular complexity index is 840. The highest BCUT2D eigenvalue weighted by Gasteiger charge is 2.13. The second kappa shape index (κ2) is 6.55. The van der Waals surface area contributed by atoms with Crippen molar-refractivity contribution in [3.8, 4) is 0 Å². The molecule has 0 bridgehead atoms. The minimum atomic E-state index is -0.254. The molecule has 2 heterocycles. The summed E-state index contributed by atoms with van der Waals surface area (Å²) < 4.78 is 4.03. The van der Waals surface area contributed by atoms with Crippen molar-refractivity contribution in [2.45, 2.75) is 6.54 Å². The third-order valence-electron chi connectivity index (χ3n) is 3.17. The topological polar surface area (TPSA) is 64.7 Å². The molecule has 0 saturated carbocycles. The largest absolute Gasteiger partial charge is 0.304 e. The summed E-state index contributed by atoms with van der Waals surface area (Å²) in [6, 6.07) is 7.54. The normalized spacial score (nSPS) is 10.7. The van der Waals surface area contributed by atoms with Crippen molar-refractivity contribution in [1.82, 2.24) is 19.6 Å². The standard InChI is InChI=1S/C15H13BrClN5O/c1-21-8-11(6-18-21)15(23)19-14-13(16)9-22(20-14)7-10-2-4-12(17)5-3-10/h2-6,8-9H,7H2,1H3,(H,19,20,23). The van der Waals surface area contributed by atoms with Gasteiger partial charge in [0.15, 0.2) is 5.82 Å². The molecule has 3 rings (SSSR count). The van der Waals surface area contributed by atoms with Crippen LogP contribution in [-0.4, -0.2) is 25.5 Å². The lowest BCUT2D eigenvalue weighted by Gasteiger charge is -2.02. The Kier molecular flexibility index (Phi) is 4.49. The third-order valence-corrected chi connectivity index (χ3v) is 4.01. The van der Waals surface area contributed by atoms with Crippen LogP contribution in [0.2, 0.25) is 5.02 Å². The summed E-state index contributed by atoms with van der Waals surface area (Å²) in [5.74, 6) is 0.211. The fraction of sp³-hybridized carbons (Fsp3) is 0.133. The first-order valence-electron chi connectivity index (χ1n) is 6.78. The highest BCUT2D eigenvalue weighted by atomic mass is 79.9. The fourth-order valence-corrected chi connectivity index (χ4v) is 2.60. The lowest BCUT2D eigenvalue weighted by molar-refractivity contribution is 0.102. The van der Waals surface area contributed by atoms with Gasteiger partial charge in [-0.15, -0.1) is 0 Å². The molecule has 0 radical (unpaired) electrons. The van der Waals surface area contributed by atoms with Crippen molar-refractivity contribution in [2.24, 2.45) is 7.05 Å². The van der Waals surface area contributed by atoms with Crippen molar-refractivity contribution in [2.75, 3.05) is 5.32 Å². The number of rotatable bonds is 4. The molecule has 0 saturated heterocycles. The van der Waals surface area contributed by atoms with Crippen molar-refractivity contribution in [1.29, 1.82) is 0 Å². The molecule has 0 fully saturated rings. The Morgan fingerprint density at radius 2 is 2.04 bits per heavy atom. The highest BCUT2D eigenvalue weighted by molar-refractivity contribution is 9.10. The Labute approximate surface area is 146 Å². The van der Waals surface area contributed by atoms with Gasteiger partial charge in [-0.25, -0.2) is 0 Å². The van der Waals surface area contributed by atoms with Gasteiger partial charge in [0.05, 0.1) is 22.8 Å². The summed E-state index contributed by atoms with van der Waals surface area (Å²) in [6.45, 7) is 0.582. The van der Waals surface area contributed by atoms with Gasteiger partial charge in [-0.1, -0.05) is 23.7 Å². The first kappa shape index (κ1) is 15.8. The summed E-state index contributed by atoms with van der Waals surface area (Å²) >= 11 is 9.29. The van der Waals surface area contributed by atoms with Crippen LogP contribution in [-0.2, 0) is 13.6 Å². The Morgan fingerprint density at radius 1 is 1.30 bits per heavy atom.